The molecule has 108 valence electrons. The number of benzene rings is 1. The lowest BCUT2D eigenvalue weighted by Crippen LogP contribution is -2.43. The molecule has 0 aliphatic carbocycles. The molecule has 1 aromatic rings. The van der Waals surface area contributed by atoms with Crippen LogP contribution in [-0.4, -0.2) is 42.2 Å². The van der Waals surface area contributed by atoms with Crippen LogP contribution in [0.15, 0.2) is 24.3 Å². The number of carbonyl (C=O) groups excluding carboxylic acids is 2. The van der Waals surface area contributed by atoms with Gasteiger partial charge in [-0.15, -0.1) is 0 Å². The van der Waals surface area contributed by atoms with Gasteiger partial charge in [0.05, 0.1) is 18.7 Å². The Labute approximate surface area is 115 Å². The van der Waals surface area contributed by atoms with E-state index in [2.05, 4.69) is 16.0 Å². The standard InChI is InChI=1S/C13H16FN3O3/c14-8-2-1-3-9(4-8)17-12(19)7-16-13(20)11-5-10(18)6-15-11/h1-4,10-11,15,18H,5-7H2,(H,16,20)(H,17,19). The third-order valence-corrected chi connectivity index (χ3v) is 2.96. The fraction of sp³-hybridized carbons (Fsp3) is 0.385. The van der Waals surface area contributed by atoms with Crippen molar-refractivity contribution in [3.05, 3.63) is 30.1 Å². The van der Waals surface area contributed by atoms with E-state index in [4.69, 9.17) is 0 Å². The van der Waals surface area contributed by atoms with Gasteiger partial charge >= 0.3 is 0 Å². The average molecular weight is 281 g/mol. The second-order valence-electron chi connectivity index (χ2n) is 4.63. The maximum Gasteiger partial charge on any atom is 0.243 e. The number of aliphatic hydroxyl groups is 1. The van der Waals surface area contributed by atoms with Gasteiger partial charge in [0.1, 0.15) is 5.82 Å². The number of hydrogen-bond donors (Lipinski definition) is 4. The summed E-state index contributed by atoms with van der Waals surface area (Å²) in [5, 5.41) is 17.1. The highest BCUT2D eigenvalue weighted by Gasteiger charge is 2.27. The second kappa shape index (κ2) is 6.44. The number of nitrogens with one attached hydrogen (secondary N) is 3. The molecule has 1 fully saturated rings. The molecule has 6 nitrogen and oxygen atoms in total. The molecule has 1 aliphatic rings. The molecular weight excluding hydrogens is 265 g/mol. The van der Waals surface area contributed by atoms with E-state index in [0.717, 1.165) is 0 Å². The van der Waals surface area contributed by atoms with E-state index in [1.165, 1.54) is 18.2 Å². The van der Waals surface area contributed by atoms with Gasteiger partial charge in [0.15, 0.2) is 0 Å². The summed E-state index contributed by atoms with van der Waals surface area (Å²) in [5.41, 5.74) is 0.332. The molecule has 2 amide bonds. The van der Waals surface area contributed by atoms with Crippen molar-refractivity contribution in [1.29, 1.82) is 0 Å². The van der Waals surface area contributed by atoms with Crippen LogP contribution in [0.5, 0.6) is 0 Å². The summed E-state index contributed by atoms with van der Waals surface area (Å²) in [5.74, 6) is -1.23. The molecule has 1 heterocycles. The first-order chi connectivity index (χ1) is 9.54. The molecule has 2 atom stereocenters. The molecule has 1 saturated heterocycles. The summed E-state index contributed by atoms with van der Waals surface area (Å²) < 4.78 is 12.9. The molecule has 0 bridgehead atoms. The van der Waals surface area contributed by atoms with Crippen LogP contribution in [-0.2, 0) is 9.59 Å². The van der Waals surface area contributed by atoms with Crippen molar-refractivity contribution in [2.45, 2.75) is 18.6 Å². The molecule has 7 heteroatoms. The molecule has 2 unspecified atom stereocenters. The molecule has 0 radical (unpaired) electrons. The predicted octanol–water partition coefficient (Wildman–Crippen LogP) is -0.397. The smallest absolute Gasteiger partial charge is 0.243 e. The van der Waals surface area contributed by atoms with Crippen molar-refractivity contribution < 1.29 is 19.1 Å². The summed E-state index contributed by atoms with van der Waals surface area (Å²) >= 11 is 0. The Morgan fingerprint density at radius 3 is 2.90 bits per heavy atom. The molecular formula is C13H16FN3O3. The minimum Gasteiger partial charge on any atom is -0.392 e. The van der Waals surface area contributed by atoms with Crippen LogP contribution in [0.2, 0.25) is 0 Å². The third-order valence-electron chi connectivity index (χ3n) is 2.96. The molecule has 2 rings (SSSR count). The SMILES string of the molecule is O=C(CNC(=O)C1CC(O)CN1)Nc1cccc(F)c1. The Kier molecular flexibility index (Phi) is 4.65. The lowest BCUT2D eigenvalue weighted by atomic mass is 10.2. The van der Waals surface area contributed by atoms with Crippen LogP contribution < -0.4 is 16.0 Å². The van der Waals surface area contributed by atoms with Crippen molar-refractivity contribution in [3.63, 3.8) is 0 Å². The zero-order valence-corrected chi connectivity index (χ0v) is 10.7. The number of aliphatic hydroxyl groups excluding tert-OH is 1. The monoisotopic (exact) mass is 281 g/mol. The van der Waals surface area contributed by atoms with Crippen molar-refractivity contribution in [2.75, 3.05) is 18.4 Å². The van der Waals surface area contributed by atoms with Crippen molar-refractivity contribution in [3.8, 4) is 0 Å². The predicted molar refractivity (Wildman–Crippen MR) is 70.5 cm³/mol. The van der Waals surface area contributed by atoms with Gasteiger partial charge in [-0.3, -0.25) is 9.59 Å². The fourth-order valence-electron chi connectivity index (χ4n) is 1.98. The lowest BCUT2D eigenvalue weighted by molar-refractivity contribution is -0.125. The van der Waals surface area contributed by atoms with E-state index >= 15 is 0 Å². The minimum absolute atomic E-state index is 0.205. The Morgan fingerprint density at radius 1 is 1.45 bits per heavy atom. The Morgan fingerprint density at radius 2 is 2.25 bits per heavy atom. The summed E-state index contributed by atoms with van der Waals surface area (Å²) in [7, 11) is 0. The van der Waals surface area contributed by atoms with Gasteiger partial charge in [-0.2, -0.15) is 0 Å². The number of carbonyl (C=O) groups is 2. The number of amides is 2. The highest BCUT2D eigenvalue weighted by atomic mass is 19.1. The number of halogens is 1. The fourth-order valence-corrected chi connectivity index (χ4v) is 1.98. The highest BCUT2D eigenvalue weighted by molar-refractivity contribution is 5.95. The maximum atomic E-state index is 12.9. The van der Waals surface area contributed by atoms with Crippen molar-refractivity contribution in [2.24, 2.45) is 0 Å². The number of anilines is 1. The minimum atomic E-state index is -0.535. The topological polar surface area (TPSA) is 90.5 Å². The van der Waals surface area contributed by atoms with Gasteiger partial charge in [-0.25, -0.2) is 4.39 Å². The van der Waals surface area contributed by atoms with E-state index in [1.54, 1.807) is 6.07 Å². The van der Waals surface area contributed by atoms with Crippen LogP contribution in [0.4, 0.5) is 10.1 Å². The molecule has 0 spiro atoms. The molecule has 1 aromatic carbocycles. The Hall–Kier alpha value is -1.99. The zero-order chi connectivity index (χ0) is 14.5. The van der Waals surface area contributed by atoms with Crippen LogP contribution in [0.1, 0.15) is 6.42 Å². The molecule has 1 aliphatic heterocycles. The van der Waals surface area contributed by atoms with Crippen molar-refractivity contribution in [1.82, 2.24) is 10.6 Å². The quantitative estimate of drug-likeness (QED) is 0.604. The first-order valence-electron chi connectivity index (χ1n) is 6.29. The van der Waals surface area contributed by atoms with E-state index in [1.807, 2.05) is 0 Å². The summed E-state index contributed by atoms with van der Waals surface area (Å²) in [4.78, 5) is 23.3. The van der Waals surface area contributed by atoms with E-state index < -0.39 is 23.9 Å². The van der Waals surface area contributed by atoms with Crippen molar-refractivity contribution >= 4 is 17.5 Å². The Balaban J connectivity index is 1.76. The first-order valence-corrected chi connectivity index (χ1v) is 6.29. The third kappa shape index (κ3) is 4.01. The number of β-amino-alcohol motifs (C(OH)–C–C–N with tert-alkyl or cyclic N) is 1. The van der Waals surface area contributed by atoms with Gasteiger partial charge in [-0.05, 0) is 24.6 Å². The van der Waals surface area contributed by atoms with Gasteiger partial charge in [0.25, 0.3) is 0 Å². The van der Waals surface area contributed by atoms with Crippen LogP contribution in [0, 0.1) is 5.82 Å². The van der Waals surface area contributed by atoms with Crippen LogP contribution >= 0.6 is 0 Å². The van der Waals surface area contributed by atoms with Gasteiger partial charge < -0.3 is 21.1 Å². The first kappa shape index (κ1) is 14.4. The van der Waals surface area contributed by atoms with E-state index in [9.17, 15) is 19.1 Å². The maximum absolute atomic E-state index is 12.9. The summed E-state index contributed by atoms with van der Waals surface area (Å²) in [6.07, 6.45) is -0.205. The largest absolute Gasteiger partial charge is 0.392 e. The Bertz CT molecular complexity index is 509. The summed E-state index contributed by atoms with van der Waals surface area (Å²) in [6.45, 7) is 0.164. The second-order valence-corrected chi connectivity index (χ2v) is 4.63. The zero-order valence-electron chi connectivity index (χ0n) is 10.7. The lowest BCUT2D eigenvalue weighted by Gasteiger charge is -2.11. The van der Waals surface area contributed by atoms with E-state index in [0.29, 0.717) is 18.7 Å². The van der Waals surface area contributed by atoms with Crippen LogP contribution in [0.25, 0.3) is 0 Å². The van der Waals surface area contributed by atoms with Gasteiger partial charge in [0.2, 0.25) is 11.8 Å². The molecule has 0 aromatic heterocycles. The highest BCUT2D eigenvalue weighted by Crippen LogP contribution is 2.09. The average Bonchev–Trinajstić information content (AvgIpc) is 2.83. The normalized spacial score (nSPS) is 21.5. The number of rotatable bonds is 4. The van der Waals surface area contributed by atoms with Gasteiger partial charge in [-0.1, -0.05) is 6.07 Å². The van der Waals surface area contributed by atoms with Crippen LogP contribution in [0.3, 0.4) is 0 Å². The molecule has 0 saturated carbocycles. The van der Waals surface area contributed by atoms with Gasteiger partial charge in [0, 0.05) is 12.2 Å². The summed E-state index contributed by atoms with van der Waals surface area (Å²) in [6, 6.07) is 5.01. The number of hydrogen-bond acceptors (Lipinski definition) is 4. The van der Waals surface area contributed by atoms with E-state index in [-0.39, 0.29) is 12.5 Å². The molecule has 20 heavy (non-hydrogen) atoms. The molecule has 4 N–H and O–H groups in total.